The van der Waals surface area contributed by atoms with Gasteiger partial charge in [-0.1, -0.05) is 0 Å². The van der Waals surface area contributed by atoms with Crippen LogP contribution in [0.2, 0.25) is 0 Å². The highest BCUT2D eigenvalue weighted by Crippen LogP contribution is 2.31. The minimum absolute atomic E-state index is 0.00160. The lowest BCUT2D eigenvalue weighted by Crippen LogP contribution is -2.25. The molecule has 1 fully saturated rings. The van der Waals surface area contributed by atoms with Crippen LogP contribution in [0.25, 0.3) is 0 Å². The largest absolute Gasteiger partial charge is 0.495 e. The fourth-order valence-corrected chi connectivity index (χ4v) is 1.84. The van der Waals surface area contributed by atoms with Gasteiger partial charge in [-0.3, -0.25) is 9.59 Å². The maximum Gasteiger partial charge on any atom is 0.335 e. The van der Waals surface area contributed by atoms with Crippen LogP contribution in [-0.2, 0) is 9.59 Å². The van der Waals surface area contributed by atoms with Gasteiger partial charge in [0.2, 0.25) is 5.91 Å². The maximum absolute atomic E-state index is 11.6. The van der Waals surface area contributed by atoms with Gasteiger partial charge < -0.3 is 14.7 Å². The molecule has 1 aromatic rings. The second-order valence-electron chi connectivity index (χ2n) is 3.89. The van der Waals surface area contributed by atoms with Crippen LogP contribution in [-0.4, -0.2) is 36.4 Å². The van der Waals surface area contributed by atoms with Crippen molar-refractivity contribution in [2.75, 3.05) is 18.6 Å². The quantitative estimate of drug-likeness (QED) is 0.797. The average molecular weight is 249 g/mol. The van der Waals surface area contributed by atoms with Gasteiger partial charge in [-0.15, -0.1) is 0 Å². The van der Waals surface area contributed by atoms with Crippen molar-refractivity contribution >= 4 is 23.3 Å². The summed E-state index contributed by atoms with van der Waals surface area (Å²) in [6.45, 7) is 0.00160. The first-order chi connectivity index (χ1) is 8.52. The standard InChI is InChI=1S/C12H11NO5/c1-18-10-4-7(12(16)17)2-3-9(10)13-6-8(14)5-11(13)15/h2-4H,5-6H2,1H3,(H,16,17). The number of carbonyl (C=O) groups is 3. The lowest BCUT2D eigenvalue weighted by Gasteiger charge is -2.18. The number of methoxy groups -OCH3 is 1. The van der Waals surface area contributed by atoms with Gasteiger partial charge in [-0.2, -0.15) is 0 Å². The highest BCUT2D eigenvalue weighted by molar-refractivity contribution is 6.15. The Labute approximate surface area is 103 Å². The lowest BCUT2D eigenvalue weighted by atomic mass is 10.2. The first kappa shape index (κ1) is 12.1. The van der Waals surface area contributed by atoms with Crippen LogP contribution in [0, 0.1) is 0 Å². The number of carbonyl (C=O) groups excluding carboxylic acids is 2. The van der Waals surface area contributed by atoms with Crippen molar-refractivity contribution in [1.82, 2.24) is 0 Å². The normalized spacial score (nSPS) is 15.1. The minimum Gasteiger partial charge on any atom is -0.495 e. The molecule has 0 saturated carbocycles. The third-order valence-corrected chi connectivity index (χ3v) is 2.70. The predicted molar refractivity (Wildman–Crippen MR) is 61.9 cm³/mol. The summed E-state index contributed by atoms with van der Waals surface area (Å²) in [4.78, 5) is 34.9. The molecule has 1 aromatic carbocycles. The summed E-state index contributed by atoms with van der Waals surface area (Å²) < 4.78 is 5.06. The number of rotatable bonds is 3. The predicted octanol–water partition coefficient (Wildman–Crippen LogP) is 0.699. The van der Waals surface area contributed by atoms with Crippen LogP contribution >= 0.6 is 0 Å². The van der Waals surface area contributed by atoms with Crippen LogP contribution in [0.3, 0.4) is 0 Å². The van der Waals surface area contributed by atoms with Crippen molar-refractivity contribution in [1.29, 1.82) is 0 Å². The monoisotopic (exact) mass is 249 g/mol. The molecule has 1 aliphatic heterocycles. The Morgan fingerprint density at radius 3 is 2.61 bits per heavy atom. The SMILES string of the molecule is COc1cc(C(=O)O)ccc1N1CC(=O)CC1=O. The second-order valence-corrected chi connectivity index (χ2v) is 3.89. The molecule has 1 amide bonds. The van der Waals surface area contributed by atoms with Gasteiger partial charge in [-0.05, 0) is 18.2 Å². The van der Waals surface area contributed by atoms with Gasteiger partial charge in [0, 0.05) is 0 Å². The van der Waals surface area contributed by atoms with E-state index in [0.717, 1.165) is 0 Å². The summed E-state index contributed by atoms with van der Waals surface area (Å²) in [6.07, 6.45) is -0.121. The van der Waals surface area contributed by atoms with Crippen LogP contribution in [0.1, 0.15) is 16.8 Å². The van der Waals surface area contributed by atoms with E-state index in [0.29, 0.717) is 5.69 Å². The van der Waals surface area contributed by atoms with E-state index >= 15 is 0 Å². The zero-order valence-electron chi connectivity index (χ0n) is 9.67. The molecule has 0 radical (unpaired) electrons. The first-order valence-electron chi connectivity index (χ1n) is 5.26. The highest BCUT2D eigenvalue weighted by atomic mass is 16.5. The molecule has 2 rings (SSSR count). The third-order valence-electron chi connectivity index (χ3n) is 2.70. The summed E-state index contributed by atoms with van der Waals surface area (Å²) in [5.74, 6) is -1.28. The van der Waals surface area contributed by atoms with Crippen LogP contribution in [0.4, 0.5) is 5.69 Å². The molecule has 0 spiro atoms. The van der Waals surface area contributed by atoms with Crippen molar-refractivity contribution < 1.29 is 24.2 Å². The molecule has 1 aliphatic rings. The van der Waals surface area contributed by atoms with Crippen molar-refractivity contribution in [3.8, 4) is 5.75 Å². The summed E-state index contributed by atoms with van der Waals surface area (Å²) in [6, 6.07) is 4.17. The second kappa shape index (κ2) is 4.48. The van der Waals surface area contributed by atoms with E-state index in [2.05, 4.69) is 0 Å². The Hall–Kier alpha value is -2.37. The third kappa shape index (κ3) is 2.04. The molecular formula is C12H11NO5. The zero-order chi connectivity index (χ0) is 13.3. The van der Waals surface area contributed by atoms with Gasteiger partial charge in [-0.25, -0.2) is 4.79 Å². The number of aromatic carboxylic acids is 1. The number of carboxylic acids is 1. The summed E-state index contributed by atoms with van der Waals surface area (Å²) in [5.41, 5.74) is 0.479. The number of anilines is 1. The van der Waals surface area contributed by atoms with Gasteiger partial charge in [0.25, 0.3) is 0 Å². The van der Waals surface area contributed by atoms with Crippen LogP contribution in [0.5, 0.6) is 5.75 Å². The van der Waals surface area contributed by atoms with Gasteiger partial charge in [0.1, 0.15) is 5.75 Å². The Balaban J connectivity index is 2.42. The molecule has 0 atom stereocenters. The smallest absolute Gasteiger partial charge is 0.335 e. The van der Waals surface area contributed by atoms with Crippen molar-refractivity contribution in [3.63, 3.8) is 0 Å². The number of Topliss-reactive ketones (excluding diaryl/α,β-unsaturated/α-hetero) is 1. The van der Waals surface area contributed by atoms with Gasteiger partial charge in [0.05, 0.1) is 31.3 Å². The maximum atomic E-state index is 11.6. The molecular weight excluding hydrogens is 238 g/mol. The molecule has 1 heterocycles. The number of benzene rings is 1. The first-order valence-corrected chi connectivity index (χ1v) is 5.26. The van der Waals surface area contributed by atoms with E-state index in [1.165, 1.54) is 30.2 Å². The highest BCUT2D eigenvalue weighted by Gasteiger charge is 2.30. The van der Waals surface area contributed by atoms with E-state index < -0.39 is 5.97 Å². The van der Waals surface area contributed by atoms with E-state index in [1.54, 1.807) is 0 Å². The molecule has 18 heavy (non-hydrogen) atoms. The number of ether oxygens (including phenoxy) is 1. The Kier molecular flexibility index (Phi) is 3.01. The van der Waals surface area contributed by atoms with E-state index in [4.69, 9.17) is 9.84 Å². The molecule has 0 aliphatic carbocycles. The summed E-state index contributed by atoms with van der Waals surface area (Å²) >= 11 is 0. The minimum atomic E-state index is -1.08. The fourth-order valence-electron chi connectivity index (χ4n) is 1.84. The Bertz CT molecular complexity index is 537. The van der Waals surface area contributed by atoms with Crippen molar-refractivity contribution in [3.05, 3.63) is 23.8 Å². The number of amides is 1. The molecule has 0 aromatic heterocycles. The molecule has 1 saturated heterocycles. The Morgan fingerprint density at radius 1 is 1.39 bits per heavy atom. The molecule has 1 N–H and O–H groups in total. The molecule has 6 nitrogen and oxygen atoms in total. The molecule has 94 valence electrons. The van der Waals surface area contributed by atoms with Crippen LogP contribution < -0.4 is 9.64 Å². The summed E-state index contributed by atoms with van der Waals surface area (Å²) in [7, 11) is 1.38. The van der Waals surface area contributed by atoms with Gasteiger partial charge >= 0.3 is 5.97 Å². The van der Waals surface area contributed by atoms with Crippen LogP contribution in [0.15, 0.2) is 18.2 Å². The summed E-state index contributed by atoms with van der Waals surface area (Å²) in [5, 5.41) is 8.86. The van der Waals surface area contributed by atoms with Crippen molar-refractivity contribution in [2.45, 2.75) is 6.42 Å². The molecule has 0 bridgehead atoms. The average Bonchev–Trinajstić information content (AvgIpc) is 2.67. The van der Waals surface area contributed by atoms with Crippen molar-refractivity contribution in [2.24, 2.45) is 0 Å². The lowest BCUT2D eigenvalue weighted by molar-refractivity contribution is -0.121. The topological polar surface area (TPSA) is 83.9 Å². The fraction of sp³-hybridized carbons (Fsp3) is 0.250. The number of hydrogen-bond acceptors (Lipinski definition) is 4. The van der Waals surface area contributed by atoms with Gasteiger partial charge in [0.15, 0.2) is 5.78 Å². The zero-order valence-corrected chi connectivity index (χ0v) is 9.67. The number of nitrogens with zero attached hydrogens (tertiary/aromatic N) is 1. The van der Waals surface area contributed by atoms with E-state index in [9.17, 15) is 14.4 Å². The number of hydrogen-bond donors (Lipinski definition) is 1. The Morgan fingerprint density at radius 2 is 2.11 bits per heavy atom. The molecule has 0 unspecified atom stereocenters. The number of carboxylic acid groups (broad SMARTS) is 1. The van der Waals surface area contributed by atoms with E-state index in [1.807, 2.05) is 0 Å². The van der Waals surface area contributed by atoms with E-state index in [-0.39, 0.29) is 36.0 Å². The number of ketones is 1. The molecule has 6 heteroatoms.